The fourth-order valence-electron chi connectivity index (χ4n) is 2.69. The second-order valence-corrected chi connectivity index (χ2v) is 5.35. The van der Waals surface area contributed by atoms with Crippen LogP contribution in [0.1, 0.15) is 47.0 Å². The minimum atomic E-state index is 0.165. The molecule has 1 aliphatic rings. The molecule has 0 aromatic carbocycles. The maximum atomic E-state index is 10.9. The van der Waals surface area contributed by atoms with E-state index in [-0.39, 0.29) is 5.78 Å². The van der Waals surface area contributed by atoms with Crippen molar-refractivity contribution in [2.24, 2.45) is 17.3 Å². The maximum absolute atomic E-state index is 10.9. The fourth-order valence-corrected chi connectivity index (χ4v) is 2.69. The van der Waals surface area contributed by atoms with Crippen LogP contribution in [0.2, 0.25) is 0 Å². The van der Waals surface area contributed by atoms with E-state index in [1.807, 2.05) is 0 Å². The summed E-state index contributed by atoms with van der Waals surface area (Å²) in [5.41, 5.74) is 0.365. The standard InChI is InChI=1S/C13H22O/c1-10-6-5-9-13(3,4)12(10)8-7-11(2)14/h7-8,10,12H,5-6,9H2,1-4H3/t10?,12-/m1/s1. The van der Waals surface area contributed by atoms with Gasteiger partial charge in [0.15, 0.2) is 5.78 Å². The summed E-state index contributed by atoms with van der Waals surface area (Å²) in [4.78, 5) is 10.9. The Morgan fingerprint density at radius 3 is 2.57 bits per heavy atom. The highest BCUT2D eigenvalue weighted by Crippen LogP contribution is 2.44. The molecule has 1 nitrogen and oxygen atoms in total. The average Bonchev–Trinajstić information content (AvgIpc) is 2.01. The number of hydrogen-bond acceptors (Lipinski definition) is 1. The first-order valence-electron chi connectivity index (χ1n) is 5.62. The quantitative estimate of drug-likeness (QED) is 0.614. The van der Waals surface area contributed by atoms with E-state index >= 15 is 0 Å². The number of carbonyl (C=O) groups excluding carboxylic acids is 1. The van der Waals surface area contributed by atoms with Crippen molar-refractivity contribution in [3.8, 4) is 0 Å². The third kappa shape index (κ3) is 2.70. The highest BCUT2D eigenvalue weighted by Gasteiger charge is 2.34. The highest BCUT2D eigenvalue weighted by molar-refractivity contribution is 5.87. The Hall–Kier alpha value is -0.590. The molecule has 0 saturated heterocycles. The predicted octanol–water partition coefficient (Wildman–Crippen LogP) is 3.59. The molecule has 1 heteroatoms. The van der Waals surface area contributed by atoms with Gasteiger partial charge >= 0.3 is 0 Å². The van der Waals surface area contributed by atoms with Crippen LogP contribution < -0.4 is 0 Å². The first kappa shape index (κ1) is 11.5. The minimum Gasteiger partial charge on any atom is -0.295 e. The number of rotatable bonds is 2. The summed E-state index contributed by atoms with van der Waals surface area (Å²) in [5.74, 6) is 1.45. The van der Waals surface area contributed by atoms with Crippen molar-refractivity contribution in [3.05, 3.63) is 12.2 Å². The molecule has 1 rings (SSSR count). The third-order valence-corrected chi connectivity index (χ3v) is 3.53. The Bertz CT molecular complexity index is 238. The van der Waals surface area contributed by atoms with Gasteiger partial charge in [0.1, 0.15) is 0 Å². The molecule has 0 bridgehead atoms. The van der Waals surface area contributed by atoms with Crippen LogP contribution >= 0.6 is 0 Å². The molecule has 0 radical (unpaired) electrons. The number of ketones is 1. The van der Waals surface area contributed by atoms with Crippen LogP contribution in [0.25, 0.3) is 0 Å². The summed E-state index contributed by atoms with van der Waals surface area (Å²) in [6.45, 7) is 8.56. The lowest BCUT2D eigenvalue weighted by Gasteiger charge is -2.41. The van der Waals surface area contributed by atoms with E-state index in [9.17, 15) is 4.79 Å². The van der Waals surface area contributed by atoms with E-state index in [2.05, 4.69) is 26.8 Å². The third-order valence-electron chi connectivity index (χ3n) is 3.53. The number of allylic oxidation sites excluding steroid dienone is 2. The van der Waals surface area contributed by atoms with Crippen LogP contribution in [-0.2, 0) is 4.79 Å². The van der Waals surface area contributed by atoms with Gasteiger partial charge < -0.3 is 0 Å². The second-order valence-electron chi connectivity index (χ2n) is 5.35. The SMILES string of the molecule is CC(=O)C=C[C@@H]1C(C)CCCC1(C)C. The largest absolute Gasteiger partial charge is 0.295 e. The van der Waals surface area contributed by atoms with Crippen molar-refractivity contribution >= 4 is 5.78 Å². The monoisotopic (exact) mass is 194 g/mol. The van der Waals surface area contributed by atoms with Crippen molar-refractivity contribution in [1.29, 1.82) is 0 Å². The van der Waals surface area contributed by atoms with Gasteiger partial charge in [-0.05, 0) is 36.7 Å². The maximum Gasteiger partial charge on any atom is 0.152 e. The fraction of sp³-hybridized carbons (Fsp3) is 0.769. The molecule has 0 amide bonds. The van der Waals surface area contributed by atoms with Gasteiger partial charge in [-0.25, -0.2) is 0 Å². The normalized spacial score (nSPS) is 32.0. The first-order valence-corrected chi connectivity index (χ1v) is 5.62. The van der Waals surface area contributed by atoms with E-state index in [1.54, 1.807) is 13.0 Å². The zero-order chi connectivity index (χ0) is 10.8. The molecule has 1 saturated carbocycles. The molecule has 0 aliphatic heterocycles. The molecule has 2 atom stereocenters. The van der Waals surface area contributed by atoms with Crippen LogP contribution in [0, 0.1) is 17.3 Å². The summed E-state index contributed by atoms with van der Waals surface area (Å²) in [6, 6.07) is 0. The van der Waals surface area contributed by atoms with Crippen LogP contribution in [0.4, 0.5) is 0 Å². The van der Waals surface area contributed by atoms with Gasteiger partial charge in [0.05, 0.1) is 0 Å². The Labute approximate surface area is 87.6 Å². The van der Waals surface area contributed by atoms with Crippen LogP contribution in [0.15, 0.2) is 12.2 Å². The molecule has 1 fully saturated rings. The molecule has 0 N–H and O–H groups in total. The van der Waals surface area contributed by atoms with Crippen molar-refractivity contribution in [3.63, 3.8) is 0 Å². The van der Waals surface area contributed by atoms with Gasteiger partial charge in [-0.1, -0.05) is 39.7 Å². The summed E-state index contributed by atoms with van der Waals surface area (Å²) in [5, 5.41) is 0. The summed E-state index contributed by atoms with van der Waals surface area (Å²) >= 11 is 0. The minimum absolute atomic E-state index is 0.165. The number of carbonyl (C=O) groups is 1. The lowest BCUT2D eigenvalue weighted by Crippen LogP contribution is -2.32. The molecule has 1 aliphatic carbocycles. The van der Waals surface area contributed by atoms with Crippen LogP contribution in [0.3, 0.4) is 0 Å². The second kappa shape index (κ2) is 4.29. The average molecular weight is 194 g/mol. The van der Waals surface area contributed by atoms with Gasteiger partial charge in [-0.15, -0.1) is 0 Å². The highest BCUT2D eigenvalue weighted by atomic mass is 16.1. The Balaban J connectivity index is 2.75. The summed E-state index contributed by atoms with van der Waals surface area (Å²) < 4.78 is 0. The van der Waals surface area contributed by atoms with Crippen LogP contribution in [0.5, 0.6) is 0 Å². The van der Waals surface area contributed by atoms with Gasteiger partial charge in [0, 0.05) is 0 Å². The van der Waals surface area contributed by atoms with Gasteiger partial charge in [0.2, 0.25) is 0 Å². The zero-order valence-corrected chi connectivity index (χ0v) is 9.84. The first-order chi connectivity index (χ1) is 6.43. The van der Waals surface area contributed by atoms with E-state index in [0.717, 1.165) is 0 Å². The summed E-state index contributed by atoms with van der Waals surface area (Å²) in [7, 11) is 0. The Morgan fingerprint density at radius 2 is 2.07 bits per heavy atom. The molecule has 80 valence electrons. The molecule has 0 aromatic heterocycles. The summed E-state index contributed by atoms with van der Waals surface area (Å²) in [6.07, 6.45) is 7.79. The van der Waals surface area contributed by atoms with E-state index in [1.165, 1.54) is 19.3 Å². The smallest absolute Gasteiger partial charge is 0.152 e. The van der Waals surface area contributed by atoms with Crippen LogP contribution in [-0.4, -0.2) is 5.78 Å². The number of hydrogen-bond donors (Lipinski definition) is 0. The van der Waals surface area contributed by atoms with E-state index in [0.29, 0.717) is 17.3 Å². The molecular formula is C13H22O. The molecular weight excluding hydrogens is 172 g/mol. The van der Waals surface area contributed by atoms with E-state index < -0.39 is 0 Å². The lowest BCUT2D eigenvalue weighted by atomic mass is 9.64. The van der Waals surface area contributed by atoms with Crippen molar-refractivity contribution in [2.45, 2.75) is 47.0 Å². The predicted molar refractivity (Wildman–Crippen MR) is 60.1 cm³/mol. The van der Waals surface area contributed by atoms with Gasteiger partial charge in [-0.3, -0.25) is 4.79 Å². The zero-order valence-electron chi connectivity index (χ0n) is 9.84. The topological polar surface area (TPSA) is 17.1 Å². The van der Waals surface area contributed by atoms with Crippen molar-refractivity contribution in [1.82, 2.24) is 0 Å². The van der Waals surface area contributed by atoms with Gasteiger partial charge in [-0.2, -0.15) is 0 Å². The van der Waals surface area contributed by atoms with E-state index in [4.69, 9.17) is 0 Å². The molecule has 0 aromatic rings. The molecule has 0 heterocycles. The molecule has 1 unspecified atom stereocenters. The van der Waals surface area contributed by atoms with Crippen molar-refractivity contribution < 1.29 is 4.79 Å². The Morgan fingerprint density at radius 1 is 1.43 bits per heavy atom. The lowest BCUT2D eigenvalue weighted by molar-refractivity contribution is -0.112. The molecule has 0 spiro atoms. The molecule has 14 heavy (non-hydrogen) atoms. The Kier molecular flexibility index (Phi) is 3.52. The van der Waals surface area contributed by atoms with Crippen molar-refractivity contribution in [2.75, 3.05) is 0 Å². The van der Waals surface area contributed by atoms with Gasteiger partial charge in [0.25, 0.3) is 0 Å².